The van der Waals surface area contributed by atoms with Gasteiger partial charge in [-0.3, -0.25) is 4.90 Å². The van der Waals surface area contributed by atoms with Crippen molar-refractivity contribution < 1.29 is 13.2 Å². The smallest absolute Gasteiger partial charge is 0.183 e. The largest absolute Gasteiger partial charge is 0.398 e. The Bertz CT molecular complexity index is 577. The maximum atomic E-state index is 12.4. The molecule has 2 rings (SSSR count). The van der Waals surface area contributed by atoms with Gasteiger partial charge in [0.05, 0.1) is 29.0 Å². The van der Waals surface area contributed by atoms with Gasteiger partial charge in [0, 0.05) is 17.6 Å². The van der Waals surface area contributed by atoms with Gasteiger partial charge in [-0.25, -0.2) is 8.42 Å². The predicted octanol–water partition coefficient (Wildman–Crippen LogP) is 1.53. The van der Waals surface area contributed by atoms with E-state index in [0.717, 1.165) is 17.6 Å². The molecule has 2 N–H and O–H groups in total. The van der Waals surface area contributed by atoms with Crippen molar-refractivity contribution in [1.29, 1.82) is 0 Å². The van der Waals surface area contributed by atoms with Gasteiger partial charge in [-0.05, 0) is 24.7 Å². The normalized spacial score (nSPS) is 21.0. The van der Waals surface area contributed by atoms with Crippen LogP contribution in [0.5, 0.6) is 0 Å². The SMILES string of the molecule is CCN1CCOC(CS(=O)(=O)c2ccc(Br)cc2N)C1. The molecule has 1 saturated heterocycles. The van der Waals surface area contributed by atoms with Gasteiger partial charge in [-0.2, -0.15) is 0 Å². The molecule has 112 valence electrons. The number of rotatable bonds is 4. The second-order valence-electron chi connectivity index (χ2n) is 4.85. The maximum Gasteiger partial charge on any atom is 0.183 e. The van der Waals surface area contributed by atoms with Crippen LogP contribution in [0, 0.1) is 0 Å². The summed E-state index contributed by atoms with van der Waals surface area (Å²) in [4.78, 5) is 2.37. The molecule has 0 aromatic heterocycles. The Balaban J connectivity index is 2.14. The quantitative estimate of drug-likeness (QED) is 0.822. The van der Waals surface area contributed by atoms with Crippen molar-refractivity contribution in [2.24, 2.45) is 0 Å². The van der Waals surface area contributed by atoms with Crippen molar-refractivity contribution in [3.63, 3.8) is 0 Å². The zero-order valence-corrected chi connectivity index (χ0v) is 13.8. The van der Waals surface area contributed by atoms with E-state index in [2.05, 4.69) is 27.8 Å². The number of hydrogen-bond acceptors (Lipinski definition) is 5. The van der Waals surface area contributed by atoms with Crippen LogP contribution in [0.4, 0.5) is 5.69 Å². The second-order valence-corrected chi connectivity index (χ2v) is 7.77. The molecule has 0 radical (unpaired) electrons. The summed E-state index contributed by atoms with van der Waals surface area (Å²) in [5.74, 6) is -0.0324. The fourth-order valence-corrected chi connectivity index (χ4v) is 4.25. The molecule has 20 heavy (non-hydrogen) atoms. The highest BCUT2D eigenvalue weighted by Gasteiger charge is 2.27. The lowest BCUT2D eigenvalue weighted by Crippen LogP contribution is -2.45. The van der Waals surface area contributed by atoms with Gasteiger partial charge in [-0.15, -0.1) is 0 Å². The molecule has 1 unspecified atom stereocenters. The number of hydrogen-bond donors (Lipinski definition) is 1. The van der Waals surface area contributed by atoms with Crippen molar-refractivity contribution in [3.8, 4) is 0 Å². The molecule has 0 spiro atoms. The monoisotopic (exact) mass is 362 g/mol. The van der Waals surface area contributed by atoms with Crippen molar-refractivity contribution >= 4 is 31.5 Å². The molecule has 1 heterocycles. The summed E-state index contributed by atoms with van der Waals surface area (Å²) in [6.07, 6.45) is -0.295. The second kappa shape index (κ2) is 6.43. The number of nitrogens with two attached hydrogens (primary N) is 1. The summed E-state index contributed by atoms with van der Waals surface area (Å²) in [5.41, 5.74) is 6.07. The average Bonchev–Trinajstić information content (AvgIpc) is 2.37. The number of anilines is 1. The van der Waals surface area contributed by atoms with Crippen molar-refractivity contribution in [1.82, 2.24) is 4.90 Å². The lowest BCUT2D eigenvalue weighted by molar-refractivity contribution is -0.0145. The van der Waals surface area contributed by atoms with Gasteiger partial charge in [0.2, 0.25) is 0 Å². The minimum absolute atomic E-state index is 0.0324. The van der Waals surface area contributed by atoms with Gasteiger partial charge < -0.3 is 10.5 Å². The summed E-state index contributed by atoms with van der Waals surface area (Å²) in [6, 6.07) is 4.82. The van der Waals surface area contributed by atoms with Crippen molar-refractivity contribution in [3.05, 3.63) is 22.7 Å². The first-order valence-electron chi connectivity index (χ1n) is 6.54. The highest BCUT2D eigenvalue weighted by molar-refractivity contribution is 9.10. The molecule has 1 aliphatic heterocycles. The van der Waals surface area contributed by atoms with Crippen LogP contribution in [0.1, 0.15) is 6.92 Å². The Hall–Kier alpha value is -0.630. The van der Waals surface area contributed by atoms with Crippen LogP contribution >= 0.6 is 15.9 Å². The number of benzene rings is 1. The van der Waals surface area contributed by atoms with Crippen molar-refractivity contribution in [2.75, 3.05) is 37.7 Å². The zero-order chi connectivity index (χ0) is 14.8. The topological polar surface area (TPSA) is 72.6 Å². The molecule has 0 bridgehead atoms. The lowest BCUT2D eigenvalue weighted by Gasteiger charge is -2.31. The number of morpholine rings is 1. The third-order valence-corrected chi connectivity index (χ3v) is 5.73. The van der Waals surface area contributed by atoms with E-state index in [1.54, 1.807) is 12.1 Å². The van der Waals surface area contributed by atoms with Crippen LogP contribution in [0.15, 0.2) is 27.6 Å². The van der Waals surface area contributed by atoms with Crippen LogP contribution in [0.2, 0.25) is 0 Å². The molecule has 0 amide bonds. The van der Waals surface area contributed by atoms with Gasteiger partial charge >= 0.3 is 0 Å². The zero-order valence-electron chi connectivity index (χ0n) is 11.4. The Labute approximate surface area is 128 Å². The first-order valence-corrected chi connectivity index (χ1v) is 8.98. The van der Waals surface area contributed by atoms with Crippen LogP contribution in [0.3, 0.4) is 0 Å². The molecule has 7 heteroatoms. The number of nitrogens with zero attached hydrogens (tertiary/aromatic N) is 1. The minimum atomic E-state index is -3.44. The summed E-state index contributed by atoms with van der Waals surface area (Å²) in [6.45, 7) is 5.04. The Kier molecular flexibility index (Phi) is 5.06. The Morgan fingerprint density at radius 2 is 2.25 bits per heavy atom. The van der Waals surface area contributed by atoms with Crippen LogP contribution in [-0.4, -0.2) is 51.4 Å². The molecule has 1 aromatic carbocycles. The molecule has 0 aliphatic carbocycles. The van der Waals surface area contributed by atoms with Gasteiger partial charge in [0.25, 0.3) is 0 Å². The number of halogens is 1. The molecule has 1 fully saturated rings. The van der Waals surface area contributed by atoms with E-state index in [0.29, 0.717) is 13.2 Å². The van der Waals surface area contributed by atoms with Gasteiger partial charge in [0.1, 0.15) is 0 Å². The molecule has 1 aliphatic rings. The highest BCUT2D eigenvalue weighted by atomic mass is 79.9. The summed E-state index contributed by atoms with van der Waals surface area (Å²) >= 11 is 3.27. The number of likely N-dealkylation sites (N-methyl/N-ethyl adjacent to an activating group) is 1. The van der Waals surface area contributed by atoms with Crippen LogP contribution < -0.4 is 5.73 Å². The van der Waals surface area contributed by atoms with E-state index in [-0.39, 0.29) is 22.4 Å². The third-order valence-electron chi connectivity index (χ3n) is 3.38. The Morgan fingerprint density at radius 1 is 1.50 bits per heavy atom. The average molecular weight is 363 g/mol. The molecular weight excluding hydrogens is 344 g/mol. The van der Waals surface area contributed by atoms with E-state index >= 15 is 0 Å². The highest BCUT2D eigenvalue weighted by Crippen LogP contribution is 2.25. The van der Waals surface area contributed by atoms with Gasteiger partial charge in [-0.1, -0.05) is 22.9 Å². The predicted molar refractivity (Wildman–Crippen MR) is 82.5 cm³/mol. The fourth-order valence-electron chi connectivity index (χ4n) is 2.31. The number of sulfone groups is 1. The van der Waals surface area contributed by atoms with Crippen LogP contribution in [-0.2, 0) is 14.6 Å². The summed E-state index contributed by atoms with van der Waals surface area (Å²) in [5, 5.41) is 0. The lowest BCUT2D eigenvalue weighted by atomic mass is 10.3. The molecule has 0 saturated carbocycles. The summed E-state index contributed by atoms with van der Waals surface area (Å²) < 4.78 is 31.2. The minimum Gasteiger partial charge on any atom is -0.398 e. The standard InChI is InChI=1S/C13H19BrN2O3S/c1-2-16-5-6-19-11(8-16)9-20(17,18)13-4-3-10(14)7-12(13)15/h3-4,7,11H,2,5-6,8-9,15H2,1H3. The molecule has 5 nitrogen and oxygen atoms in total. The first kappa shape index (κ1) is 15.8. The number of ether oxygens (including phenoxy) is 1. The third kappa shape index (κ3) is 3.72. The summed E-state index contributed by atoms with van der Waals surface area (Å²) in [7, 11) is -3.44. The van der Waals surface area contributed by atoms with E-state index in [1.165, 1.54) is 6.07 Å². The molecule has 1 atom stereocenters. The van der Waals surface area contributed by atoms with Crippen molar-refractivity contribution in [2.45, 2.75) is 17.9 Å². The van der Waals surface area contributed by atoms with E-state index < -0.39 is 9.84 Å². The fraction of sp³-hybridized carbons (Fsp3) is 0.538. The molecule has 1 aromatic rings. The maximum absolute atomic E-state index is 12.4. The molecular formula is C13H19BrN2O3S. The van der Waals surface area contributed by atoms with E-state index in [1.807, 2.05) is 0 Å². The Morgan fingerprint density at radius 3 is 2.90 bits per heavy atom. The van der Waals surface area contributed by atoms with Crippen LogP contribution in [0.25, 0.3) is 0 Å². The van der Waals surface area contributed by atoms with Gasteiger partial charge in [0.15, 0.2) is 9.84 Å². The first-order chi connectivity index (χ1) is 9.42. The van der Waals surface area contributed by atoms with E-state index in [9.17, 15) is 8.42 Å². The van der Waals surface area contributed by atoms with E-state index in [4.69, 9.17) is 10.5 Å². The number of nitrogen functional groups attached to an aromatic ring is 1.